The van der Waals surface area contributed by atoms with Crippen LogP contribution in [0.25, 0.3) is 0 Å². The number of nitrogens with one attached hydrogen (secondary N) is 1. The molecule has 20 heavy (non-hydrogen) atoms. The molecule has 1 unspecified atom stereocenters. The minimum Gasteiger partial charge on any atom is -0.454 e. The molecule has 1 aromatic rings. The van der Waals surface area contributed by atoms with Gasteiger partial charge in [0.05, 0.1) is 17.0 Å². The molecule has 0 bridgehead atoms. The highest BCUT2D eigenvalue weighted by atomic mass is 79.9. The van der Waals surface area contributed by atoms with E-state index in [4.69, 9.17) is 14.2 Å². The number of hydrogen-bond acceptors (Lipinski definition) is 4. The number of hydrogen-bond donors (Lipinski definition) is 1. The van der Waals surface area contributed by atoms with E-state index >= 15 is 0 Å². The standard InChI is InChI=1S/C14H16BrNO4/c15-11-4-9(5-12-14(11)20-8-19-12)7-16-13(17)6-10-2-1-3-18-10/h4-5,10H,1-3,6-8H2,(H,16,17). The lowest BCUT2D eigenvalue weighted by atomic mass is 10.1. The number of halogens is 1. The molecule has 1 atom stereocenters. The summed E-state index contributed by atoms with van der Waals surface area (Å²) in [6, 6.07) is 3.82. The fraction of sp³-hybridized carbons (Fsp3) is 0.500. The van der Waals surface area contributed by atoms with Crippen LogP contribution in [0.1, 0.15) is 24.8 Å². The molecule has 2 heterocycles. The lowest BCUT2D eigenvalue weighted by Crippen LogP contribution is -2.26. The zero-order valence-corrected chi connectivity index (χ0v) is 12.6. The Bertz CT molecular complexity index is 514. The maximum absolute atomic E-state index is 11.8. The average Bonchev–Trinajstić information content (AvgIpc) is 3.07. The summed E-state index contributed by atoms with van der Waals surface area (Å²) in [5.74, 6) is 1.45. The summed E-state index contributed by atoms with van der Waals surface area (Å²) in [5.41, 5.74) is 0.974. The quantitative estimate of drug-likeness (QED) is 0.913. The van der Waals surface area contributed by atoms with Crippen LogP contribution in [-0.2, 0) is 16.1 Å². The first kappa shape index (κ1) is 13.7. The minimum absolute atomic E-state index is 0.0192. The number of rotatable bonds is 4. The van der Waals surface area contributed by atoms with Gasteiger partial charge in [0.25, 0.3) is 0 Å². The van der Waals surface area contributed by atoms with E-state index in [1.54, 1.807) is 0 Å². The molecule has 2 aliphatic rings. The van der Waals surface area contributed by atoms with Gasteiger partial charge in [0.1, 0.15) is 0 Å². The van der Waals surface area contributed by atoms with E-state index in [0.29, 0.717) is 18.7 Å². The monoisotopic (exact) mass is 341 g/mol. The molecule has 1 fully saturated rings. The molecule has 1 amide bonds. The largest absolute Gasteiger partial charge is 0.454 e. The van der Waals surface area contributed by atoms with Gasteiger partial charge in [0, 0.05) is 13.2 Å². The number of amides is 1. The smallest absolute Gasteiger partial charge is 0.231 e. The van der Waals surface area contributed by atoms with Gasteiger partial charge in [-0.1, -0.05) is 0 Å². The maximum atomic E-state index is 11.8. The van der Waals surface area contributed by atoms with Crippen LogP contribution in [-0.4, -0.2) is 25.4 Å². The van der Waals surface area contributed by atoms with E-state index in [0.717, 1.165) is 35.2 Å². The summed E-state index contributed by atoms with van der Waals surface area (Å²) in [7, 11) is 0. The van der Waals surface area contributed by atoms with Crippen molar-refractivity contribution in [2.75, 3.05) is 13.4 Å². The molecule has 1 saturated heterocycles. The van der Waals surface area contributed by atoms with Gasteiger partial charge in [-0.3, -0.25) is 4.79 Å². The summed E-state index contributed by atoms with van der Waals surface area (Å²) < 4.78 is 17.0. The van der Waals surface area contributed by atoms with Gasteiger partial charge in [-0.15, -0.1) is 0 Å². The molecule has 2 aliphatic heterocycles. The molecule has 0 radical (unpaired) electrons. The summed E-state index contributed by atoms with van der Waals surface area (Å²) in [5, 5.41) is 2.91. The molecule has 3 rings (SSSR count). The zero-order valence-electron chi connectivity index (χ0n) is 11.0. The summed E-state index contributed by atoms with van der Waals surface area (Å²) >= 11 is 3.44. The lowest BCUT2D eigenvalue weighted by molar-refractivity contribution is -0.123. The van der Waals surface area contributed by atoms with Gasteiger partial charge in [0.2, 0.25) is 12.7 Å². The molecular formula is C14H16BrNO4. The van der Waals surface area contributed by atoms with E-state index in [-0.39, 0.29) is 18.8 Å². The average molecular weight is 342 g/mol. The van der Waals surface area contributed by atoms with Gasteiger partial charge < -0.3 is 19.5 Å². The minimum atomic E-state index is 0.0192. The number of carbonyl (C=O) groups is 1. The molecule has 0 saturated carbocycles. The number of fused-ring (bicyclic) bond motifs is 1. The van der Waals surface area contributed by atoms with E-state index < -0.39 is 0 Å². The van der Waals surface area contributed by atoms with Crippen LogP contribution in [0.3, 0.4) is 0 Å². The first-order valence-electron chi connectivity index (χ1n) is 6.68. The molecule has 0 aliphatic carbocycles. The topological polar surface area (TPSA) is 56.8 Å². The van der Waals surface area contributed by atoms with Gasteiger partial charge in [-0.25, -0.2) is 0 Å². The first-order chi connectivity index (χ1) is 9.72. The molecule has 0 spiro atoms. The fourth-order valence-electron chi connectivity index (χ4n) is 2.41. The normalized spacial score (nSPS) is 20.1. The van der Waals surface area contributed by atoms with E-state index in [9.17, 15) is 4.79 Å². The lowest BCUT2D eigenvalue weighted by Gasteiger charge is -2.10. The molecule has 1 N–H and O–H groups in total. The van der Waals surface area contributed by atoms with Crippen molar-refractivity contribution in [3.8, 4) is 11.5 Å². The SMILES string of the molecule is O=C(CC1CCCO1)NCc1cc(Br)c2c(c1)OCO2. The Labute approximate surface area is 125 Å². The van der Waals surface area contributed by atoms with Crippen molar-refractivity contribution in [3.05, 3.63) is 22.2 Å². The maximum Gasteiger partial charge on any atom is 0.231 e. The van der Waals surface area contributed by atoms with Crippen LogP contribution in [0.2, 0.25) is 0 Å². The van der Waals surface area contributed by atoms with Crippen molar-refractivity contribution in [2.45, 2.75) is 31.9 Å². The third-order valence-corrected chi connectivity index (χ3v) is 4.00. The number of carbonyl (C=O) groups excluding carboxylic acids is 1. The Morgan fingerprint density at radius 3 is 3.10 bits per heavy atom. The summed E-state index contributed by atoms with van der Waals surface area (Å²) in [6.07, 6.45) is 2.54. The Morgan fingerprint density at radius 2 is 2.30 bits per heavy atom. The molecule has 0 aromatic heterocycles. The fourth-order valence-corrected chi connectivity index (χ4v) is 3.01. The number of benzene rings is 1. The highest BCUT2D eigenvalue weighted by molar-refractivity contribution is 9.10. The van der Waals surface area contributed by atoms with E-state index in [1.165, 1.54) is 0 Å². The van der Waals surface area contributed by atoms with Crippen molar-refractivity contribution >= 4 is 21.8 Å². The molecule has 6 heteroatoms. The van der Waals surface area contributed by atoms with Crippen molar-refractivity contribution in [2.24, 2.45) is 0 Å². The van der Waals surface area contributed by atoms with Crippen LogP contribution >= 0.6 is 15.9 Å². The molecule has 1 aromatic carbocycles. The third-order valence-electron chi connectivity index (χ3n) is 3.41. The van der Waals surface area contributed by atoms with E-state index in [1.807, 2.05) is 12.1 Å². The second-order valence-electron chi connectivity index (χ2n) is 4.93. The van der Waals surface area contributed by atoms with Crippen LogP contribution in [0.15, 0.2) is 16.6 Å². The molecular weight excluding hydrogens is 326 g/mol. The van der Waals surface area contributed by atoms with Gasteiger partial charge in [-0.2, -0.15) is 0 Å². The van der Waals surface area contributed by atoms with Gasteiger partial charge in [0.15, 0.2) is 11.5 Å². The van der Waals surface area contributed by atoms with Gasteiger partial charge in [-0.05, 0) is 46.5 Å². The summed E-state index contributed by atoms with van der Waals surface area (Å²) in [4.78, 5) is 11.8. The van der Waals surface area contributed by atoms with Crippen LogP contribution in [0, 0.1) is 0 Å². The number of ether oxygens (including phenoxy) is 3. The molecule has 5 nitrogen and oxygen atoms in total. The first-order valence-corrected chi connectivity index (χ1v) is 7.48. The van der Waals surface area contributed by atoms with Crippen molar-refractivity contribution in [1.29, 1.82) is 0 Å². The van der Waals surface area contributed by atoms with Gasteiger partial charge >= 0.3 is 0 Å². The third kappa shape index (κ3) is 3.07. The summed E-state index contributed by atoms with van der Waals surface area (Å²) in [6.45, 7) is 1.48. The predicted molar refractivity (Wildman–Crippen MR) is 75.7 cm³/mol. The predicted octanol–water partition coefficient (Wildman–Crippen LogP) is 2.36. The zero-order chi connectivity index (χ0) is 13.9. The van der Waals surface area contributed by atoms with Crippen molar-refractivity contribution in [3.63, 3.8) is 0 Å². The Morgan fingerprint density at radius 1 is 1.40 bits per heavy atom. The van der Waals surface area contributed by atoms with E-state index in [2.05, 4.69) is 21.2 Å². The molecule has 108 valence electrons. The van der Waals surface area contributed by atoms with Crippen LogP contribution in [0.5, 0.6) is 11.5 Å². The van der Waals surface area contributed by atoms with Crippen molar-refractivity contribution < 1.29 is 19.0 Å². The second kappa shape index (κ2) is 6.01. The van der Waals surface area contributed by atoms with Crippen LogP contribution in [0.4, 0.5) is 0 Å². The second-order valence-corrected chi connectivity index (χ2v) is 5.78. The Hall–Kier alpha value is -1.27. The Balaban J connectivity index is 1.55. The highest BCUT2D eigenvalue weighted by Crippen LogP contribution is 2.39. The van der Waals surface area contributed by atoms with Crippen molar-refractivity contribution in [1.82, 2.24) is 5.32 Å². The Kier molecular flexibility index (Phi) is 4.12. The highest BCUT2D eigenvalue weighted by Gasteiger charge is 2.20. The van der Waals surface area contributed by atoms with Crippen LogP contribution < -0.4 is 14.8 Å².